The number of amides is 1. The molecule has 2 aromatic carbocycles. The fourth-order valence-electron chi connectivity index (χ4n) is 4.77. The van der Waals surface area contributed by atoms with Gasteiger partial charge in [0.1, 0.15) is 6.04 Å². The van der Waals surface area contributed by atoms with E-state index in [9.17, 15) is 9.59 Å². The second-order valence-electron chi connectivity index (χ2n) is 8.84. The van der Waals surface area contributed by atoms with E-state index in [4.69, 9.17) is 16.3 Å². The number of esters is 1. The SMILES string of the molecule is COC(=O)C(c1ccc(Cl)cc1)N1CCN(Cc2cccc(C(=O)N3CCCCC3)c2)CC1. The van der Waals surface area contributed by atoms with Crippen molar-refractivity contribution in [2.45, 2.75) is 31.8 Å². The number of piperidine rings is 1. The molecule has 1 unspecified atom stereocenters. The van der Waals surface area contributed by atoms with Gasteiger partial charge in [0, 0.05) is 56.4 Å². The van der Waals surface area contributed by atoms with Gasteiger partial charge >= 0.3 is 5.97 Å². The summed E-state index contributed by atoms with van der Waals surface area (Å²) in [4.78, 5) is 31.9. The average Bonchev–Trinajstić information content (AvgIpc) is 2.86. The number of rotatable bonds is 6. The Morgan fingerprint density at radius 1 is 0.939 bits per heavy atom. The van der Waals surface area contributed by atoms with E-state index in [0.717, 1.165) is 75.3 Å². The highest BCUT2D eigenvalue weighted by Gasteiger charge is 2.31. The second-order valence-corrected chi connectivity index (χ2v) is 9.28. The van der Waals surface area contributed by atoms with E-state index in [1.54, 1.807) is 12.1 Å². The van der Waals surface area contributed by atoms with Crippen LogP contribution in [0.4, 0.5) is 0 Å². The molecule has 0 N–H and O–H groups in total. The number of benzene rings is 2. The van der Waals surface area contributed by atoms with Crippen LogP contribution in [0.15, 0.2) is 48.5 Å². The molecule has 33 heavy (non-hydrogen) atoms. The molecule has 2 heterocycles. The summed E-state index contributed by atoms with van der Waals surface area (Å²) in [6.07, 6.45) is 3.40. The van der Waals surface area contributed by atoms with Crippen LogP contribution < -0.4 is 0 Å². The van der Waals surface area contributed by atoms with Gasteiger partial charge < -0.3 is 9.64 Å². The predicted molar refractivity (Wildman–Crippen MR) is 129 cm³/mol. The lowest BCUT2D eigenvalue weighted by Gasteiger charge is -2.38. The van der Waals surface area contributed by atoms with Crippen molar-refractivity contribution in [1.82, 2.24) is 14.7 Å². The summed E-state index contributed by atoms with van der Waals surface area (Å²) in [5.41, 5.74) is 2.82. The zero-order valence-corrected chi connectivity index (χ0v) is 20.0. The Kier molecular flexibility index (Phi) is 8.02. The third-order valence-electron chi connectivity index (χ3n) is 6.61. The molecule has 0 aromatic heterocycles. The molecule has 2 fully saturated rings. The van der Waals surface area contributed by atoms with E-state index in [1.165, 1.54) is 13.5 Å². The summed E-state index contributed by atoms with van der Waals surface area (Å²) >= 11 is 6.03. The number of likely N-dealkylation sites (tertiary alicyclic amines) is 1. The van der Waals surface area contributed by atoms with Gasteiger partial charge in [0.15, 0.2) is 0 Å². The highest BCUT2D eigenvalue weighted by molar-refractivity contribution is 6.30. The van der Waals surface area contributed by atoms with Gasteiger partial charge in [-0.05, 0) is 54.7 Å². The van der Waals surface area contributed by atoms with Crippen molar-refractivity contribution < 1.29 is 14.3 Å². The Bertz CT molecular complexity index is 952. The standard InChI is InChI=1S/C26H32ClN3O3/c1-33-26(32)24(21-8-10-23(27)11-9-21)29-16-14-28(15-17-29)19-20-6-5-7-22(18-20)25(31)30-12-3-2-4-13-30/h5-11,18,24H,2-4,12-17,19H2,1H3. The molecular weight excluding hydrogens is 438 g/mol. The van der Waals surface area contributed by atoms with Crippen molar-refractivity contribution in [2.24, 2.45) is 0 Å². The van der Waals surface area contributed by atoms with E-state index in [-0.39, 0.29) is 11.9 Å². The van der Waals surface area contributed by atoms with Crippen molar-refractivity contribution in [3.8, 4) is 0 Å². The van der Waals surface area contributed by atoms with Crippen molar-refractivity contribution in [3.63, 3.8) is 0 Å². The van der Waals surface area contributed by atoms with Gasteiger partial charge in [-0.2, -0.15) is 0 Å². The molecule has 7 heteroatoms. The Hall–Kier alpha value is -2.41. The van der Waals surface area contributed by atoms with Crippen LogP contribution in [0.5, 0.6) is 0 Å². The van der Waals surface area contributed by atoms with Crippen LogP contribution in [-0.2, 0) is 16.1 Å². The van der Waals surface area contributed by atoms with Gasteiger partial charge in [-0.3, -0.25) is 14.6 Å². The normalized spacial score (nSPS) is 18.7. The van der Waals surface area contributed by atoms with Crippen molar-refractivity contribution in [2.75, 3.05) is 46.4 Å². The molecular formula is C26H32ClN3O3. The Balaban J connectivity index is 1.37. The summed E-state index contributed by atoms with van der Waals surface area (Å²) in [6, 6.07) is 15.0. The van der Waals surface area contributed by atoms with Crippen LogP contribution in [0, 0.1) is 0 Å². The van der Waals surface area contributed by atoms with Crippen molar-refractivity contribution in [1.29, 1.82) is 0 Å². The van der Waals surface area contributed by atoms with Gasteiger partial charge in [-0.15, -0.1) is 0 Å². The molecule has 2 saturated heterocycles. The molecule has 176 valence electrons. The molecule has 2 aromatic rings. The first-order valence-corrected chi connectivity index (χ1v) is 12.1. The Morgan fingerprint density at radius 3 is 2.30 bits per heavy atom. The van der Waals surface area contributed by atoms with Crippen LogP contribution in [0.25, 0.3) is 0 Å². The minimum absolute atomic E-state index is 0.144. The maximum Gasteiger partial charge on any atom is 0.327 e. The summed E-state index contributed by atoms with van der Waals surface area (Å²) in [7, 11) is 1.43. The van der Waals surface area contributed by atoms with Gasteiger partial charge in [0.2, 0.25) is 0 Å². The molecule has 0 aliphatic carbocycles. The molecule has 2 aliphatic heterocycles. The molecule has 1 amide bonds. The molecule has 0 spiro atoms. The van der Waals surface area contributed by atoms with Crippen LogP contribution in [-0.4, -0.2) is 73.0 Å². The summed E-state index contributed by atoms with van der Waals surface area (Å²) in [6.45, 7) is 5.71. The molecule has 0 radical (unpaired) electrons. The number of ether oxygens (including phenoxy) is 1. The molecule has 0 bridgehead atoms. The fourth-order valence-corrected chi connectivity index (χ4v) is 4.90. The third kappa shape index (κ3) is 5.94. The van der Waals surface area contributed by atoms with Gasteiger partial charge in [-0.25, -0.2) is 4.79 Å². The first-order chi connectivity index (χ1) is 16.0. The maximum atomic E-state index is 12.9. The van der Waals surface area contributed by atoms with E-state index >= 15 is 0 Å². The summed E-state index contributed by atoms with van der Waals surface area (Å²) in [5.74, 6) is -0.111. The van der Waals surface area contributed by atoms with Crippen LogP contribution in [0.3, 0.4) is 0 Å². The monoisotopic (exact) mass is 469 g/mol. The minimum Gasteiger partial charge on any atom is -0.468 e. The Morgan fingerprint density at radius 2 is 1.64 bits per heavy atom. The van der Waals surface area contributed by atoms with E-state index in [2.05, 4.69) is 15.9 Å². The summed E-state index contributed by atoms with van der Waals surface area (Å²) < 4.78 is 5.10. The zero-order chi connectivity index (χ0) is 23.2. The van der Waals surface area contributed by atoms with E-state index in [0.29, 0.717) is 5.02 Å². The lowest BCUT2D eigenvalue weighted by Crippen LogP contribution is -2.49. The summed E-state index contributed by atoms with van der Waals surface area (Å²) in [5, 5.41) is 0.646. The molecule has 0 saturated carbocycles. The number of piperazine rings is 1. The number of methoxy groups -OCH3 is 1. The first kappa shape index (κ1) is 23.7. The average molecular weight is 470 g/mol. The largest absolute Gasteiger partial charge is 0.468 e. The molecule has 2 aliphatic rings. The van der Waals surface area contributed by atoms with Crippen LogP contribution >= 0.6 is 11.6 Å². The molecule has 6 nitrogen and oxygen atoms in total. The maximum absolute atomic E-state index is 12.9. The van der Waals surface area contributed by atoms with E-state index in [1.807, 2.05) is 35.2 Å². The quantitative estimate of drug-likeness (QED) is 0.598. The number of hydrogen-bond donors (Lipinski definition) is 0. The number of carbonyl (C=O) groups is 2. The molecule has 4 rings (SSSR count). The van der Waals surface area contributed by atoms with Crippen molar-refractivity contribution >= 4 is 23.5 Å². The number of carbonyl (C=O) groups excluding carboxylic acids is 2. The number of hydrogen-bond acceptors (Lipinski definition) is 5. The number of nitrogens with zero attached hydrogens (tertiary/aromatic N) is 3. The van der Waals surface area contributed by atoms with E-state index < -0.39 is 6.04 Å². The van der Waals surface area contributed by atoms with Gasteiger partial charge in [0.25, 0.3) is 5.91 Å². The van der Waals surface area contributed by atoms with Crippen LogP contribution in [0.2, 0.25) is 5.02 Å². The number of halogens is 1. The molecule has 1 atom stereocenters. The predicted octanol–water partition coefficient (Wildman–Crippen LogP) is 4.00. The lowest BCUT2D eigenvalue weighted by atomic mass is 10.0. The second kappa shape index (κ2) is 11.1. The van der Waals surface area contributed by atoms with Gasteiger partial charge in [-0.1, -0.05) is 35.9 Å². The fraction of sp³-hybridized carbons (Fsp3) is 0.462. The smallest absolute Gasteiger partial charge is 0.327 e. The zero-order valence-electron chi connectivity index (χ0n) is 19.2. The van der Waals surface area contributed by atoms with Crippen LogP contribution in [0.1, 0.15) is 46.8 Å². The lowest BCUT2D eigenvalue weighted by molar-refractivity contribution is -0.148. The highest BCUT2D eigenvalue weighted by atomic mass is 35.5. The third-order valence-corrected chi connectivity index (χ3v) is 6.86. The first-order valence-electron chi connectivity index (χ1n) is 11.7. The van der Waals surface area contributed by atoms with Crippen molar-refractivity contribution in [3.05, 3.63) is 70.2 Å². The Labute approximate surface area is 201 Å². The highest BCUT2D eigenvalue weighted by Crippen LogP contribution is 2.26. The van der Waals surface area contributed by atoms with Gasteiger partial charge in [0.05, 0.1) is 7.11 Å². The minimum atomic E-state index is -0.431. The topological polar surface area (TPSA) is 53.1 Å².